The van der Waals surface area contributed by atoms with Crippen LogP contribution in [0.5, 0.6) is 0 Å². The van der Waals surface area contributed by atoms with Crippen LogP contribution in [0.15, 0.2) is 48.5 Å². The second kappa shape index (κ2) is 7.09. The normalized spacial score (nSPS) is 10.4. The van der Waals surface area contributed by atoms with Gasteiger partial charge in [0.1, 0.15) is 0 Å². The van der Waals surface area contributed by atoms with Gasteiger partial charge in [0.05, 0.1) is 10.7 Å². The Morgan fingerprint density at radius 1 is 0.864 bits per heavy atom. The van der Waals surface area contributed by atoms with Crippen LogP contribution in [-0.4, -0.2) is 11.8 Å². The molecular weight excluding hydrogens is 300 g/mol. The van der Waals surface area contributed by atoms with Gasteiger partial charge in [-0.1, -0.05) is 55.8 Å². The highest BCUT2D eigenvalue weighted by Crippen LogP contribution is 2.24. The largest absolute Gasteiger partial charge is 0.318 e. The molecule has 4 nitrogen and oxygen atoms in total. The van der Waals surface area contributed by atoms with Crippen LogP contribution in [0, 0.1) is 0 Å². The van der Waals surface area contributed by atoms with Crippen LogP contribution in [0.3, 0.4) is 0 Å². The molecule has 0 atom stereocenters. The van der Waals surface area contributed by atoms with Crippen LogP contribution < -0.4 is 10.6 Å². The summed E-state index contributed by atoms with van der Waals surface area (Å²) < 4.78 is 0. The van der Waals surface area contributed by atoms with Gasteiger partial charge in [-0.05, 0) is 29.7 Å². The smallest absolute Gasteiger partial charge is 0.314 e. The zero-order valence-corrected chi connectivity index (χ0v) is 13.1. The van der Waals surface area contributed by atoms with Crippen molar-refractivity contribution in [1.82, 2.24) is 0 Å². The SMILES string of the molecule is CC(C)c1ccccc1NC(=O)C(=O)Nc1ccccc1Cl. The van der Waals surface area contributed by atoms with Gasteiger partial charge in [0.2, 0.25) is 0 Å². The summed E-state index contributed by atoms with van der Waals surface area (Å²) in [7, 11) is 0. The summed E-state index contributed by atoms with van der Waals surface area (Å²) >= 11 is 5.95. The molecule has 0 bridgehead atoms. The Balaban J connectivity index is 2.10. The number of hydrogen-bond acceptors (Lipinski definition) is 2. The molecule has 2 N–H and O–H groups in total. The Morgan fingerprint density at radius 2 is 1.36 bits per heavy atom. The first-order valence-corrected chi connectivity index (χ1v) is 7.32. The molecule has 2 amide bonds. The van der Waals surface area contributed by atoms with Gasteiger partial charge in [-0.25, -0.2) is 0 Å². The Bertz CT molecular complexity index is 699. The summed E-state index contributed by atoms with van der Waals surface area (Å²) in [6.07, 6.45) is 0. The van der Waals surface area contributed by atoms with Crippen molar-refractivity contribution >= 4 is 34.8 Å². The molecular formula is C17H17ClN2O2. The van der Waals surface area contributed by atoms with E-state index >= 15 is 0 Å². The molecule has 2 aromatic carbocycles. The van der Waals surface area contributed by atoms with Gasteiger partial charge >= 0.3 is 11.8 Å². The lowest BCUT2D eigenvalue weighted by Gasteiger charge is -2.13. The number of benzene rings is 2. The average Bonchev–Trinajstić information content (AvgIpc) is 2.49. The Morgan fingerprint density at radius 3 is 1.95 bits per heavy atom. The van der Waals surface area contributed by atoms with E-state index in [1.165, 1.54) is 0 Å². The highest BCUT2D eigenvalue weighted by Gasteiger charge is 2.17. The molecule has 0 aliphatic rings. The molecule has 2 rings (SSSR count). The van der Waals surface area contributed by atoms with Crippen molar-refractivity contribution in [1.29, 1.82) is 0 Å². The zero-order valence-electron chi connectivity index (χ0n) is 12.4. The molecule has 0 radical (unpaired) electrons. The molecule has 0 fully saturated rings. The van der Waals surface area contributed by atoms with Crippen LogP contribution in [0.25, 0.3) is 0 Å². The third-order valence-electron chi connectivity index (χ3n) is 3.16. The molecule has 0 saturated heterocycles. The van der Waals surface area contributed by atoms with Gasteiger partial charge in [-0.15, -0.1) is 0 Å². The number of halogens is 1. The van der Waals surface area contributed by atoms with Crippen molar-refractivity contribution in [2.75, 3.05) is 10.6 Å². The quantitative estimate of drug-likeness (QED) is 0.840. The zero-order chi connectivity index (χ0) is 16.1. The molecule has 0 aliphatic carbocycles. The van der Waals surface area contributed by atoms with E-state index in [0.717, 1.165) is 5.56 Å². The van der Waals surface area contributed by atoms with E-state index in [1.807, 2.05) is 32.0 Å². The first-order chi connectivity index (χ1) is 10.5. The molecule has 0 aliphatic heterocycles. The van der Waals surface area contributed by atoms with Crippen molar-refractivity contribution in [3.8, 4) is 0 Å². The van der Waals surface area contributed by atoms with Crippen molar-refractivity contribution in [3.05, 3.63) is 59.1 Å². The van der Waals surface area contributed by atoms with Crippen molar-refractivity contribution in [3.63, 3.8) is 0 Å². The highest BCUT2D eigenvalue weighted by atomic mass is 35.5. The fourth-order valence-corrected chi connectivity index (χ4v) is 2.22. The molecule has 0 saturated carbocycles. The van der Waals surface area contributed by atoms with Crippen LogP contribution in [0.2, 0.25) is 5.02 Å². The lowest BCUT2D eigenvalue weighted by Crippen LogP contribution is -2.29. The summed E-state index contributed by atoms with van der Waals surface area (Å²) in [6.45, 7) is 4.05. The van der Waals surface area contributed by atoms with Crippen molar-refractivity contribution < 1.29 is 9.59 Å². The van der Waals surface area contributed by atoms with Crippen LogP contribution in [0.1, 0.15) is 25.3 Å². The van der Waals surface area contributed by atoms with Gasteiger partial charge in [0.25, 0.3) is 0 Å². The Hall–Kier alpha value is -2.33. The maximum atomic E-state index is 12.0. The number of para-hydroxylation sites is 2. The van der Waals surface area contributed by atoms with E-state index in [0.29, 0.717) is 16.4 Å². The van der Waals surface area contributed by atoms with E-state index in [-0.39, 0.29) is 5.92 Å². The predicted molar refractivity (Wildman–Crippen MR) is 89.2 cm³/mol. The van der Waals surface area contributed by atoms with Crippen LogP contribution in [0.4, 0.5) is 11.4 Å². The fraction of sp³-hybridized carbons (Fsp3) is 0.176. The third kappa shape index (κ3) is 3.86. The molecule has 5 heteroatoms. The number of carbonyl (C=O) groups is 2. The molecule has 2 aromatic rings. The van der Waals surface area contributed by atoms with Crippen LogP contribution in [-0.2, 0) is 9.59 Å². The maximum absolute atomic E-state index is 12.0. The number of nitrogens with one attached hydrogen (secondary N) is 2. The molecule has 22 heavy (non-hydrogen) atoms. The lowest BCUT2D eigenvalue weighted by molar-refractivity contribution is -0.133. The van der Waals surface area contributed by atoms with E-state index in [9.17, 15) is 9.59 Å². The molecule has 114 valence electrons. The number of hydrogen-bond donors (Lipinski definition) is 2. The molecule has 0 heterocycles. The van der Waals surface area contributed by atoms with E-state index < -0.39 is 11.8 Å². The molecule has 0 aromatic heterocycles. The lowest BCUT2D eigenvalue weighted by atomic mass is 10.0. The van der Waals surface area contributed by atoms with Gasteiger partial charge in [-0.3, -0.25) is 9.59 Å². The van der Waals surface area contributed by atoms with Crippen molar-refractivity contribution in [2.45, 2.75) is 19.8 Å². The van der Waals surface area contributed by atoms with Crippen LogP contribution >= 0.6 is 11.6 Å². The van der Waals surface area contributed by atoms with E-state index in [2.05, 4.69) is 10.6 Å². The second-order valence-corrected chi connectivity index (χ2v) is 5.54. The van der Waals surface area contributed by atoms with Gasteiger partial charge < -0.3 is 10.6 Å². The summed E-state index contributed by atoms with van der Waals surface area (Å²) in [6, 6.07) is 14.2. The highest BCUT2D eigenvalue weighted by molar-refractivity contribution is 6.44. The van der Waals surface area contributed by atoms with Gasteiger partial charge in [0.15, 0.2) is 0 Å². The minimum absolute atomic E-state index is 0.239. The minimum Gasteiger partial charge on any atom is -0.318 e. The monoisotopic (exact) mass is 316 g/mol. The summed E-state index contributed by atoms with van der Waals surface area (Å²) in [4.78, 5) is 24.0. The summed E-state index contributed by atoms with van der Waals surface area (Å²) in [5.41, 5.74) is 2.01. The molecule has 0 spiro atoms. The number of rotatable bonds is 3. The number of amides is 2. The Kier molecular flexibility index (Phi) is 5.17. The third-order valence-corrected chi connectivity index (χ3v) is 3.49. The first-order valence-electron chi connectivity index (χ1n) is 6.95. The first kappa shape index (κ1) is 16.0. The van der Waals surface area contributed by atoms with E-state index in [4.69, 9.17) is 11.6 Å². The molecule has 0 unspecified atom stereocenters. The second-order valence-electron chi connectivity index (χ2n) is 5.13. The standard InChI is InChI=1S/C17H17ClN2O2/c1-11(2)12-7-3-5-9-14(12)19-16(21)17(22)20-15-10-6-4-8-13(15)18/h3-11H,1-2H3,(H,19,21)(H,20,22). The van der Waals surface area contributed by atoms with E-state index in [1.54, 1.807) is 30.3 Å². The number of carbonyl (C=O) groups excluding carboxylic acids is 2. The van der Waals surface area contributed by atoms with Crippen molar-refractivity contribution in [2.24, 2.45) is 0 Å². The Labute approximate surface area is 134 Å². The predicted octanol–water partition coefficient (Wildman–Crippen LogP) is 4.04. The van der Waals surface area contributed by atoms with Gasteiger partial charge in [-0.2, -0.15) is 0 Å². The average molecular weight is 317 g/mol. The maximum Gasteiger partial charge on any atom is 0.314 e. The summed E-state index contributed by atoms with van der Waals surface area (Å²) in [5, 5.41) is 5.51. The topological polar surface area (TPSA) is 58.2 Å². The minimum atomic E-state index is -0.758. The number of anilines is 2. The fourth-order valence-electron chi connectivity index (χ4n) is 2.04. The summed E-state index contributed by atoms with van der Waals surface area (Å²) in [5.74, 6) is -1.25. The van der Waals surface area contributed by atoms with Gasteiger partial charge in [0, 0.05) is 5.69 Å².